The molecule has 0 atom stereocenters. The van der Waals surface area contributed by atoms with Crippen molar-refractivity contribution < 1.29 is 9.13 Å². The molecule has 1 heterocycles. The standard InChI is InChI=1S/C13H14ClFN2O/c1-3-10-13(14)11(17(2)16-10)8-18-12-7-5-4-6-9(12)15/h4-7H,3,8H2,1-2H3. The van der Waals surface area contributed by atoms with Gasteiger partial charge in [-0.1, -0.05) is 30.7 Å². The van der Waals surface area contributed by atoms with Crippen LogP contribution in [0, 0.1) is 5.82 Å². The summed E-state index contributed by atoms with van der Waals surface area (Å²) in [6.45, 7) is 2.18. The number of hydrogen-bond donors (Lipinski definition) is 0. The zero-order valence-corrected chi connectivity index (χ0v) is 11.0. The summed E-state index contributed by atoms with van der Waals surface area (Å²) in [4.78, 5) is 0. The maximum absolute atomic E-state index is 13.4. The monoisotopic (exact) mass is 268 g/mol. The van der Waals surface area contributed by atoms with Crippen LogP contribution in [0.15, 0.2) is 24.3 Å². The smallest absolute Gasteiger partial charge is 0.165 e. The van der Waals surface area contributed by atoms with E-state index in [4.69, 9.17) is 16.3 Å². The second-order valence-corrected chi connectivity index (χ2v) is 4.28. The molecule has 0 fully saturated rings. The van der Waals surface area contributed by atoms with Crippen LogP contribution >= 0.6 is 11.6 Å². The molecule has 0 saturated heterocycles. The van der Waals surface area contributed by atoms with Gasteiger partial charge in [0, 0.05) is 7.05 Å². The normalized spacial score (nSPS) is 10.7. The van der Waals surface area contributed by atoms with Crippen molar-refractivity contribution in [2.24, 2.45) is 7.05 Å². The van der Waals surface area contributed by atoms with Gasteiger partial charge in [-0.05, 0) is 18.6 Å². The Hall–Kier alpha value is -1.55. The van der Waals surface area contributed by atoms with E-state index < -0.39 is 0 Å². The number of ether oxygens (including phenoxy) is 1. The third kappa shape index (κ3) is 2.48. The van der Waals surface area contributed by atoms with Crippen molar-refractivity contribution in [2.45, 2.75) is 20.0 Å². The van der Waals surface area contributed by atoms with E-state index in [1.54, 1.807) is 29.9 Å². The van der Waals surface area contributed by atoms with Crippen LogP contribution < -0.4 is 4.74 Å². The van der Waals surface area contributed by atoms with Gasteiger partial charge in [-0.15, -0.1) is 0 Å². The molecule has 0 spiro atoms. The molecule has 0 N–H and O–H groups in total. The first-order valence-electron chi connectivity index (χ1n) is 5.71. The maximum Gasteiger partial charge on any atom is 0.165 e. The molecule has 2 aromatic rings. The van der Waals surface area contributed by atoms with Crippen molar-refractivity contribution in [3.05, 3.63) is 46.5 Å². The van der Waals surface area contributed by atoms with E-state index in [1.165, 1.54) is 6.07 Å². The van der Waals surface area contributed by atoms with Crippen LogP contribution in [0.25, 0.3) is 0 Å². The van der Waals surface area contributed by atoms with Crippen LogP contribution in [0.1, 0.15) is 18.3 Å². The van der Waals surface area contributed by atoms with Gasteiger partial charge in [-0.2, -0.15) is 5.10 Å². The van der Waals surface area contributed by atoms with Crippen LogP contribution in [0.3, 0.4) is 0 Å². The second-order valence-electron chi connectivity index (χ2n) is 3.90. The lowest BCUT2D eigenvalue weighted by atomic mass is 10.3. The summed E-state index contributed by atoms with van der Waals surface area (Å²) in [7, 11) is 1.80. The second kappa shape index (κ2) is 5.40. The molecule has 18 heavy (non-hydrogen) atoms. The molecule has 5 heteroatoms. The molecule has 1 aromatic heterocycles. The van der Waals surface area contributed by atoms with Crippen LogP contribution in [0.2, 0.25) is 5.02 Å². The van der Waals surface area contributed by atoms with Crippen LogP contribution in [-0.2, 0) is 20.1 Å². The molecule has 0 aliphatic rings. The number of para-hydroxylation sites is 1. The number of benzene rings is 1. The fourth-order valence-corrected chi connectivity index (χ4v) is 2.03. The van der Waals surface area contributed by atoms with Crippen molar-refractivity contribution in [1.29, 1.82) is 0 Å². The molecule has 0 radical (unpaired) electrons. The lowest BCUT2D eigenvalue weighted by Gasteiger charge is -2.07. The Morgan fingerprint density at radius 2 is 2.11 bits per heavy atom. The van der Waals surface area contributed by atoms with E-state index in [9.17, 15) is 4.39 Å². The molecular formula is C13H14ClFN2O. The fourth-order valence-electron chi connectivity index (χ4n) is 1.68. The average molecular weight is 269 g/mol. The molecule has 0 aliphatic heterocycles. The predicted molar refractivity (Wildman–Crippen MR) is 68.3 cm³/mol. The van der Waals surface area contributed by atoms with Crippen molar-refractivity contribution >= 4 is 11.6 Å². The van der Waals surface area contributed by atoms with Gasteiger partial charge >= 0.3 is 0 Å². The summed E-state index contributed by atoms with van der Waals surface area (Å²) in [5.41, 5.74) is 1.57. The maximum atomic E-state index is 13.4. The van der Waals surface area contributed by atoms with Gasteiger partial charge in [0.1, 0.15) is 6.61 Å². The molecule has 0 aliphatic carbocycles. The number of aryl methyl sites for hydroxylation is 2. The third-order valence-corrected chi connectivity index (χ3v) is 3.14. The highest BCUT2D eigenvalue weighted by molar-refractivity contribution is 6.31. The number of aromatic nitrogens is 2. The summed E-state index contributed by atoms with van der Waals surface area (Å²) >= 11 is 6.18. The number of halogens is 2. The Morgan fingerprint density at radius 3 is 2.72 bits per heavy atom. The van der Waals surface area contributed by atoms with Gasteiger partial charge in [0.05, 0.1) is 16.4 Å². The van der Waals surface area contributed by atoms with E-state index in [-0.39, 0.29) is 18.2 Å². The Kier molecular flexibility index (Phi) is 3.87. The van der Waals surface area contributed by atoms with Crippen molar-refractivity contribution in [2.75, 3.05) is 0 Å². The Labute approximate surface area is 110 Å². The van der Waals surface area contributed by atoms with Gasteiger partial charge in [-0.25, -0.2) is 4.39 Å². The first-order chi connectivity index (χ1) is 8.63. The van der Waals surface area contributed by atoms with E-state index in [0.717, 1.165) is 17.8 Å². The largest absolute Gasteiger partial charge is 0.484 e. The molecule has 0 amide bonds. The van der Waals surface area contributed by atoms with E-state index in [2.05, 4.69) is 5.10 Å². The number of hydrogen-bond acceptors (Lipinski definition) is 2. The quantitative estimate of drug-likeness (QED) is 0.850. The van der Waals surface area contributed by atoms with Crippen LogP contribution in [0.5, 0.6) is 5.75 Å². The van der Waals surface area contributed by atoms with Crippen LogP contribution in [-0.4, -0.2) is 9.78 Å². The highest BCUT2D eigenvalue weighted by atomic mass is 35.5. The van der Waals surface area contributed by atoms with E-state index in [0.29, 0.717) is 5.02 Å². The third-order valence-electron chi connectivity index (χ3n) is 2.70. The van der Waals surface area contributed by atoms with Crippen molar-refractivity contribution in [1.82, 2.24) is 9.78 Å². The first-order valence-corrected chi connectivity index (χ1v) is 6.08. The van der Waals surface area contributed by atoms with Crippen molar-refractivity contribution in [3.8, 4) is 5.75 Å². The minimum Gasteiger partial charge on any atom is -0.484 e. The molecule has 1 aromatic carbocycles. The summed E-state index contributed by atoms with van der Waals surface area (Å²) in [6, 6.07) is 6.28. The van der Waals surface area contributed by atoms with Gasteiger partial charge in [0.15, 0.2) is 11.6 Å². The lowest BCUT2D eigenvalue weighted by Crippen LogP contribution is -2.04. The number of nitrogens with zero attached hydrogens (tertiary/aromatic N) is 2. The topological polar surface area (TPSA) is 27.1 Å². The lowest BCUT2D eigenvalue weighted by molar-refractivity contribution is 0.280. The summed E-state index contributed by atoms with van der Waals surface area (Å²) in [5.74, 6) is -0.167. The van der Waals surface area contributed by atoms with Gasteiger partial charge < -0.3 is 4.74 Å². The number of rotatable bonds is 4. The highest BCUT2D eigenvalue weighted by Gasteiger charge is 2.14. The predicted octanol–water partition coefficient (Wildman–Crippen LogP) is 3.35. The summed E-state index contributed by atoms with van der Waals surface area (Å²) in [6.07, 6.45) is 0.756. The molecule has 0 saturated carbocycles. The molecule has 0 bridgehead atoms. The fraction of sp³-hybridized carbons (Fsp3) is 0.308. The van der Waals surface area contributed by atoms with Gasteiger partial charge in [-0.3, -0.25) is 4.68 Å². The zero-order chi connectivity index (χ0) is 13.1. The van der Waals surface area contributed by atoms with Crippen LogP contribution in [0.4, 0.5) is 4.39 Å². The van der Waals surface area contributed by atoms with E-state index >= 15 is 0 Å². The Morgan fingerprint density at radius 1 is 1.39 bits per heavy atom. The summed E-state index contributed by atoms with van der Waals surface area (Å²) < 4.78 is 20.5. The minimum atomic E-state index is -0.383. The highest BCUT2D eigenvalue weighted by Crippen LogP contribution is 2.23. The molecule has 2 rings (SSSR count). The summed E-state index contributed by atoms with van der Waals surface area (Å²) in [5, 5.41) is 4.87. The molecule has 3 nitrogen and oxygen atoms in total. The van der Waals surface area contributed by atoms with Gasteiger partial charge in [0.2, 0.25) is 0 Å². The Bertz CT molecular complexity index is 554. The van der Waals surface area contributed by atoms with Crippen molar-refractivity contribution in [3.63, 3.8) is 0 Å². The van der Waals surface area contributed by atoms with E-state index in [1.807, 2.05) is 6.92 Å². The SMILES string of the molecule is CCc1nn(C)c(COc2ccccc2F)c1Cl. The Balaban J connectivity index is 2.16. The molecule has 0 unspecified atom stereocenters. The molecular weight excluding hydrogens is 255 g/mol. The first kappa shape index (κ1) is 12.9. The zero-order valence-electron chi connectivity index (χ0n) is 10.3. The van der Waals surface area contributed by atoms with Gasteiger partial charge in [0.25, 0.3) is 0 Å². The average Bonchev–Trinajstić information content (AvgIpc) is 2.64. The molecule has 96 valence electrons. The minimum absolute atomic E-state index is 0.198.